The number of para-hydroxylation sites is 1. The first kappa shape index (κ1) is 16.3. The molecule has 0 saturated carbocycles. The molecular formula is C16H17BrClNO2. The van der Waals surface area contributed by atoms with E-state index in [1.165, 1.54) is 0 Å². The highest BCUT2D eigenvalue weighted by atomic mass is 79.9. The van der Waals surface area contributed by atoms with Crippen LogP contribution in [0.3, 0.4) is 0 Å². The topological polar surface area (TPSA) is 55.5 Å². The van der Waals surface area contributed by atoms with Gasteiger partial charge in [0.25, 0.3) is 0 Å². The van der Waals surface area contributed by atoms with Crippen molar-refractivity contribution in [2.24, 2.45) is 5.73 Å². The van der Waals surface area contributed by atoms with Gasteiger partial charge in [0, 0.05) is 27.5 Å². The van der Waals surface area contributed by atoms with Crippen molar-refractivity contribution in [3.05, 3.63) is 63.1 Å². The van der Waals surface area contributed by atoms with Crippen LogP contribution in [0.15, 0.2) is 46.9 Å². The molecule has 0 saturated heterocycles. The summed E-state index contributed by atoms with van der Waals surface area (Å²) in [5.74, 6) is 0.432. The van der Waals surface area contributed by atoms with Gasteiger partial charge in [-0.15, -0.1) is 0 Å². The van der Waals surface area contributed by atoms with E-state index in [1.807, 2.05) is 30.3 Å². The normalized spacial score (nSPS) is 13.8. The zero-order valence-electron chi connectivity index (χ0n) is 11.6. The molecule has 0 fully saturated rings. The Hall–Kier alpha value is -1.07. The zero-order chi connectivity index (χ0) is 15.4. The first-order valence-corrected chi connectivity index (χ1v) is 7.71. The van der Waals surface area contributed by atoms with E-state index < -0.39 is 6.10 Å². The number of aliphatic hydroxyl groups excluding tert-OH is 1. The van der Waals surface area contributed by atoms with Crippen molar-refractivity contribution in [2.45, 2.75) is 12.0 Å². The lowest BCUT2D eigenvalue weighted by Gasteiger charge is -2.25. The van der Waals surface area contributed by atoms with E-state index >= 15 is 0 Å². The smallest absolute Gasteiger partial charge is 0.122 e. The highest BCUT2D eigenvalue weighted by Crippen LogP contribution is 2.38. The standard InChI is InChI=1S/C16H17BrClNO2/c1-21-15-5-3-2-4-11(15)13(9-19)16(20)12-8-10(18)6-7-14(12)17/h2-8,13,16,20H,9,19H2,1H3. The van der Waals surface area contributed by atoms with Gasteiger partial charge in [0.15, 0.2) is 0 Å². The average Bonchev–Trinajstić information content (AvgIpc) is 2.50. The van der Waals surface area contributed by atoms with Gasteiger partial charge in [0.2, 0.25) is 0 Å². The molecule has 3 N–H and O–H groups in total. The van der Waals surface area contributed by atoms with Crippen LogP contribution in [0.2, 0.25) is 5.02 Å². The Morgan fingerprint density at radius 2 is 1.95 bits per heavy atom. The molecule has 0 amide bonds. The minimum atomic E-state index is -0.778. The van der Waals surface area contributed by atoms with Crippen molar-refractivity contribution in [1.82, 2.24) is 0 Å². The summed E-state index contributed by atoms with van der Waals surface area (Å²) in [6.45, 7) is 0.292. The third kappa shape index (κ3) is 3.58. The summed E-state index contributed by atoms with van der Waals surface area (Å²) in [5, 5.41) is 11.3. The molecule has 112 valence electrons. The van der Waals surface area contributed by atoms with E-state index in [0.29, 0.717) is 22.9 Å². The van der Waals surface area contributed by atoms with Crippen LogP contribution < -0.4 is 10.5 Å². The van der Waals surface area contributed by atoms with Crippen LogP contribution in [0.1, 0.15) is 23.1 Å². The first-order valence-electron chi connectivity index (χ1n) is 6.54. The first-order chi connectivity index (χ1) is 10.1. The lowest BCUT2D eigenvalue weighted by Crippen LogP contribution is -2.21. The Balaban J connectivity index is 2.43. The number of methoxy groups -OCH3 is 1. The summed E-state index contributed by atoms with van der Waals surface area (Å²) in [7, 11) is 1.61. The third-order valence-corrected chi connectivity index (χ3v) is 4.41. The number of hydrogen-bond acceptors (Lipinski definition) is 3. The zero-order valence-corrected chi connectivity index (χ0v) is 13.9. The van der Waals surface area contributed by atoms with E-state index in [0.717, 1.165) is 10.0 Å². The number of halogens is 2. The fourth-order valence-electron chi connectivity index (χ4n) is 2.36. The van der Waals surface area contributed by atoms with Gasteiger partial charge in [-0.25, -0.2) is 0 Å². The van der Waals surface area contributed by atoms with E-state index in [4.69, 9.17) is 22.1 Å². The lowest BCUT2D eigenvalue weighted by atomic mass is 9.88. The van der Waals surface area contributed by atoms with E-state index in [1.54, 1.807) is 19.2 Å². The molecule has 0 spiro atoms. The van der Waals surface area contributed by atoms with Crippen molar-refractivity contribution < 1.29 is 9.84 Å². The largest absolute Gasteiger partial charge is 0.496 e. The van der Waals surface area contributed by atoms with E-state index in [9.17, 15) is 5.11 Å². The van der Waals surface area contributed by atoms with Gasteiger partial charge < -0.3 is 15.6 Å². The predicted molar refractivity (Wildman–Crippen MR) is 88.9 cm³/mol. The molecule has 0 aromatic heterocycles. The van der Waals surface area contributed by atoms with Crippen molar-refractivity contribution in [1.29, 1.82) is 0 Å². The summed E-state index contributed by atoms with van der Waals surface area (Å²) in [6.07, 6.45) is -0.778. The molecule has 0 bridgehead atoms. The van der Waals surface area contributed by atoms with E-state index in [-0.39, 0.29) is 5.92 Å². The molecule has 5 heteroatoms. The molecule has 0 heterocycles. The SMILES string of the molecule is COc1ccccc1C(CN)C(O)c1cc(Cl)ccc1Br. The lowest BCUT2D eigenvalue weighted by molar-refractivity contribution is 0.145. The fraction of sp³-hybridized carbons (Fsp3) is 0.250. The maximum absolute atomic E-state index is 10.7. The molecule has 0 aliphatic heterocycles. The maximum atomic E-state index is 10.7. The van der Waals surface area contributed by atoms with Gasteiger partial charge in [0.1, 0.15) is 5.75 Å². The summed E-state index contributed by atoms with van der Waals surface area (Å²) in [5.41, 5.74) is 7.48. The highest BCUT2D eigenvalue weighted by molar-refractivity contribution is 9.10. The van der Waals surface area contributed by atoms with Crippen LogP contribution in [0.4, 0.5) is 0 Å². The Morgan fingerprint density at radius 3 is 2.62 bits per heavy atom. The summed E-state index contributed by atoms with van der Waals surface area (Å²) in [6, 6.07) is 12.9. The number of nitrogens with two attached hydrogens (primary N) is 1. The Kier molecular flexibility index (Phi) is 5.65. The number of aliphatic hydroxyl groups is 1. The summed E-state index contributed by atoms with van der Waals surface area (Å²) >= 11 is 9.47. The number of ether oxygens (including phenoxy) is 1. The van der Waals surface area contributed by atoms with Crippen LogP contribution in [-0.2, 0) is 0 Å². The summed E-state index contributed by atoms with van der Waals surface area (Å²) < 4.78 is 6.16. The van der Waals surface area contributed by atoms with Crippen LogP contribution in [0, 0.1) is 0 Å². The predicted octanol–water partition coefficient (Wildman–Crippen LogP) is 3.89. The highest BCUT2D eigenvalue weighted by Gasteiger charge is 2.25. The number of hydrogen-bond donors (Lipinski definition) is 2. The second-order valence-electron chi connectivity index (χ2n) is 4.69. The monoisotopic (exact) mass is 369 g/mol. The van der Waals surface area contributed by atoms with Crippen LogP contribution in [0.25, 0.3) is 0 Å². The number of benzene rings is 2. The average molecular weight is 371 g/mol. The molecule has 2 rings (SSSR count). The molecule has 2 atom stereocenters. The van der Waals surface area contributed by atoms with Crippen molar-refractivity contribution in [3.63, 3.8) is 0 Å². The van der Waals surface area contributed by atoms with Crippen LogP contribution in [0.5, 0.6) is 5.75 Å². The van der Waals surface area contributed by atoms with E-state index in [2.05, 4.69) is 15.9 Å². The van der Waals surface area contributed by atoms with Crippen molar-refractivity contribution in [3.8, 4) is 5.75 Å². The van der Waals surface area contributed by atoms with Gasteiger partial charge in [-0.3, -0.25) is 0 Å². The van der Waals surface area contributed by atoms with Crippen molar-refractivity contribution in [2.75, 3.05) is 13.7 Å². The molecule has 21 heavy (non-hydrogen) atoms. The number of rotatable bonds is 5. The molecular weight excluding hydrogens is 354 g/mol. The minimum Gasteiger partial charge on any atom is -0.496 e. The van der Waals surface area contributed by atoms with Gasteiger partial charge >= 0.3 is 0 Å². The van der Waals surface area contributed by atoms with Gasteiger partial charge in [-0.2, -0.15) is 0 Å². The molecule has 2 unspecified atom stereocenters. The Labute approximate surface area is 137 Å². The van der Waals surface area contributed by atoms with Gasteiger partial charge in [-0.1, -0.05) is 45.7 Å². The van der Waals surface area contributed by atoms with Gasteiger partial charge in [0.05, 0.1) is 13.2 Å². The molecule has 0 radical (unpaired) electrons. The van der Waals surface area contributed by atoms with Crippen LogP contribution >= 0.6 is 27.5 Å². The minimum absolute atomic E-state index is 0.282. The third-order valence-electron chi connectivity index (χ3n) is 3.45. The summed E-state index contributed by atoms with van der Waals surface area (Å²) in [4.78, 5) is 0. The maximum Gasteiger partial charge on any atom is 0.122 e. The molecule has 3 nitrogen and oxygen atoms in total. The van der Waals surface area contributed by atoms with Gasteiger partial charge in [-0.05, 0) is 29.8 Å². The van der Waals surface area contributed by atoms with Crippen molar-refractivity contribution >= 4 is 27.5 Å². The Morgan fingerprint density at radius 1 is 1.24 bits per heavy atom. The quantitative estimate of drug-likeness (QED) is 0.839. The second-order valence-corrected chi connectivity index (χ2v) is 5.99. The Bertz CT molecular complexity index is 621. The van der Waals surface area contributed by atoms with Crippen LogP contribution in [-0.4, -0.2) is 18.8 Å². The molecule has 2 aromatic rings. The molecule has 0 aliphatic rings. The fourth-order valence-corrected chi connectivity index (χ4v) is 3.02. The molecule has 2 aromatic carbocycles. The second kappa shape index (κ2) is 7.27. The molecule has 0 aliphatic carbocycles.